The van der Waals surface area contributed by atoms with Gasteiger partial charge in [0.2, 0.25) is 5.91 Å². The van der Waals surface area contributed by atoms with Crippen molar-refractivity contribution in [2.45, 2.75) is 19.9 Å². The van der Waals surface area contributed by atoms with Crippen LogP contribution in [0.15, 0.2) is 42.7 Å². The highest BCUT2D eigenvalue weighted by Gasteiger charge is 2.04. The number of nitrogens with one attached hydrogen (secondary N) is 1. The summed E-state index contributed by atoms with van der Waals surface area (Å²) in [4.78, 5) is 15.9. The SMILES string of the molecule is Cc1cnccc1CNC(=O)Cc1ccc(C#N)cc1. The molecule has 0 bridgehead atoms. The van der Waals surface area contributed by atoms with E-state index >= 15 is 0 Å². The van der Waals surface area contributed by atoms with E-state index in [4.69, 9.17) is 5.26 Å². The summed E-state index contributed by atoms with van der Waals surface area (Å²) in [5, 5.41) is 11.6. The molecule has 4 nitrogen and oxygen atoms in total. The molecule has 2 aromatic rings. The first-order valence-electron chi connectivity index (χ1n) is 6.34. The highest BCUT2D eigenvalue weighted by atomic mass is 16.1. The number of rotatable bonds is 4. The fourth-order valence-corrected chi connectivity index (χ4v) is 1.84. The highest BCUT2D eigenvalue weighted by molar-refractivity contribution is 5.78. The van der Waals surface area contributed by atoms with Gasteiger partial charge in [0.1, 0.15) is 0 Å². The lowest BCUT2D eigenvalue weighted by molar-refractivity contribution is -0.120. The summed E-state index contributed by atoms with van der Waals surface area (Å²) in [5.74, 6) is -0.0362. The van der Waals surface area contributed by atoms with Crippen LogP contribution in [0.4, 0.5) is 0 Å². The zero-order chi connectivity index (χ0) is 14.4. The first-order valence-corrected chi connectivity index (χ1v) is 6.34. The van der Waals surface area contributed by atoms with Crippen molar-refractivity contribution in [2.75, 3.05) is 0 Å². The molecule has 1 heterocycles. The van der Waals surface area contributed by atoms with Crippen molar-refractivity contribution in [3.05, 3.63) is 65.0 Å². The Labute approximate surface area is 118 Å². The Balaban J connectivity index is 1.89. The predicted molar refractivity (Wildman–Crippen MR) is 75.7 cm³/mol. The maximum absolute atomic E-state index is 11.9. The smallest absolute Gasteiger partial charge is 0.224 e. The largest absolute Gasteiger partial charge is 0.352 e. The van der Waals surface area contributed by atoms with Crippen molar-refractivity contribution in [1.29, 1.82) is 5.26 Å². The van der Waals surface area contributed by atoms with Gasteiger partial charge in [0.15, 0.2) is 0 Å². The monoisotopic (exact) mass is 265 g/mol. The molecule has 1 amide bonds. The van der Waals surface area contributed by atoms with E-state index in [2.05, 4.69) is 16.4 Å². The van der Waals surface area contributed by atoms with Crippen LogP contribution in [-0.4, -0.2) is 10.9 Å². The lowest BCUT2D eigenvalue weighted by atomic mass is 10.1. The zero-order valence-corrected chi connectivity index (χ0v) is 11.3. The van der Waals surface area contributed by atoms with Crippen molar-refractivity contribution in [3.63, 3.8) is 0 Å². The summed E-state index contributed by atoms with van der Waals surface area (Å²) < 4.78 is 0. The lowest BCUT2D eigenvalue weighted by Gasteiger charge is -2.07. The van der Waals surface area contributed by atoms with Gasteiger partial charge >= 0.3 is 0 Å². The third kappa shape index (κ3) is 3.66. The molecule has 2 rings (SSSR count). The number of nitrogens with zero attached hydrogens (tertiary/aromatic N) is 2. The van der Waals surface area contributed by atoms with E-state index in [1.807, 2.05) is 13.0 Å². The van der Waals surface area contributed by atoms with Crippen LogP contribution in [0, 0.1) is 18.3 Å². The molecule has 0 saturated carbocycles. The van der Waals surface area contributed by atoms with Crippen LogP contribution < -0.4 is 5.32 Å². The average Bonchev–Trinajstić information content (AvgIpc) is 2.47. The number of pyridine rings is 1. The third-order valence-electron chi connectivity index (χ3n) is 3.06. The topological polar surface area (TPSA) is 65.8 Å². The number of aromatic nitrogens is 1. The summed E-state index contributed by atoms with van der Waals surface area (Å²) in [5.41, 5.74) is 3.62. The number of nitriles is 1. The van der Waals surface area contributed by atoms with E-state index < -0.39 is 0 Å². The van der Waals surface area contributed by atoms with Crippen LogP contribution in [-0.2, 0) is 17.8 Å². The Bertz CT molecular complexity index is 642. The van der Waals surface area contributed by atoms with Crippen LogP contribution in [0.3, 0.4) is 0 Å². The minimum absolute atomic E-state index is 0.0362. The molecule has 0 radical (unpaired) electrons. The number of benzene rings is 1. The first kappa shape index (κ1) is 13.8. The Kier molecular flexibility index (Phi) is 4.46. The maximum atomic E-state index is 11.9. The van der Waals surface area contributed by atoms with Crippen LogP contribution >= 0.6 is 0 Å². The van der Waals surface area contributed by atoms with Gasteiger partial charge in [-0.15, -0.1) is 0 Å². The molecular formula is C16H15N3O. The van der Waals surface area contributed by atoms with E-state index in [0.29, 0.717) is 18.5 Å². The summed E-state index contributed by atoms with van der Waals surface area (Å²) in [6.07, 6.45) is 3.81. The van der Waals surface area contributed by atoms with Crippen LogP contribution in [0.2, 0.25) is 0 Å². The van der Waals surface area contributed by atoms with Crippen molar-refractivity contribution in [3.8, 4) is 6.07 Å². The molecule has 0 aliphatic carbocycles. The molecule has 4 heteroatoms. The lowest BCUT2D eigenvalue weighted by Crippen LogP contribution is -2.24. The van der Waals surface area contributed by atoms with Gasteiger partial charge in [-0.1, -0.05) is 12.1 Å². The van der Waals surface area contributed by atoms with E-state index in [-0.39, 0.29) is 5.91 Å². The van der Waals surface area contributed by atoms with Gasteiger partial charge in [-0.3, -0.25) is 9.78 Å². The number of aryl methyl sites for hydroxylation is 1. The molecule has 0 spiro atoms. The number of carbonyl (C=O) groups is 1. The molecule has 0 fully saturated rings. The molecule has 0 unspecified atom stereocenters. The molecule has 0 aliphatic heterocycles. The van der Waals surface area contributed by atoms with E-state index in [9.17, 15) is 4.79 Å². The van der Waals surface area contributed by atoms with Crippen molar-refractivity contribution in [2.24, 2.45) is 0 Å². The third-order valence-corrected chi connectivity index (χ3v) is 3.06. The van der Waals surface area contributed by atoms with E-state index in [0.717, 1.165) is 16.7 Å². The van der Waals surface area contributed by atoms with E-state index in [1.165, 1.54) is 0 Å². The van der Waals surface area contributed by atoms with Crippen molar-refractivity contribution >= 4 is 5.91 Å². The molecule has 1 aromatic carbocycles. The van der Waals surface area contributed by atoms with Gasteiger partial charge in [-0.2, -0.15) is 5.26 Å². The molecule has 0 atom stereocenters. The Hall–Kier alpha value is -2.67. The predicted octanol–water partition coefficient (Wildman–Crippen LogP) is 2.12. The number of hydrogen-bond acceptors (Lipinski definition) is 3. The molecule has 20 heavy (non-hydrogen) atoms. The fraction of sp³-hybridized carbons (Fsp3) is 0.188. The molecule has 100 valence electrons. The maximum Gasteiger partial charge on any atom is 0.224 e. The molecule has 0 saturated heterocycles. The van der Waals surface area contributed by atoms with Gasteiger partial charge in [0.05, 0.1) is 18.1 Å². The van der Waals surface area contributed by atoms with E-state index in [1.54, 1.807) is 36.7 Å². The minimum Gasteiger partial charge on any atom is -0.352 e. The normalized spacial score (nSPS) is 9.80. The second-order valence-electron chi connectivity index (χ2n) is 4.56. The van der Waals surface area contributed by atoms with Gasteiger partial charge in [0.25, 0.3) is 0 Å². The fourth-order valence-electron chi connectivity index (χ4n) is 1.84. The van der Waals surface area contributed by atoms with Gasteiger partial charge in [-0.05, 0) is 41.8 Å². The Morgan fingerprint density at radius 2 is 2.05 bits per heavy atom. The standard InChI is InChI=1S/C16H15N3O/c1-12-10-18-7-6-15(12)11-19-16(20)8-13-2-4-14(9-17)5-3-13/h2-7,10H,8,11H2,1H3,(H,19,20). The molecule has 1 N–H and O–H groups in total. The molecule has 1 aromatic heterocycles. The van der Waals surface area contributed by atoms with Crippen LogP contribution in [0.5, 0.6) is 0 Å². The summed E-state index contributed by atoms with van der Waals surface area (Å²) in [6.45, 7) is 2.47. The van der Waals surface area contributed by atoms with Gasteiger partial charge in [-0.25, -0.2) is 0 Å². The zero-order valence-electron chi connectivity index (χ0n) is 11.3. The summed E-state index contributed by atoms with van der Waals surface area (Å²) in [6, 6.07) is 11.0. The Morgan fingerprint density at radius 3 is 2.70 bits per heavy atom. The summed E-state index contributed by atoms with van der Waals surface area (Å²) >= 11 is 0. The minimum atomic E-state index is -0.0362. The highest BCUT2D eigenvalue weighted by Crippen LogP contribution is 2.06. The van der Waals surface area contributed by atoms with Crippen molar-refractivity contribution in [1.82, 2.24) is 10.3 Å². The quantitative estimate of drug-likeness (QED) is 0.920. The number of amides is 1. The van der Waals surface area contributed by atoms with Gasteiger partial charge in [0, 0.05) is 18.9 Å². The Morgan fingerprint density at radius 1 is 1.30 bits per heavy atom. The van der Waals surface area contributed by atoms with Crippen LogP contribution in [0.25, 0.3) is 0 Å². The second kappa shape index (κ2) is 6.48. The summed E-state index contributed by atoms with van der Waals surface area (Å²) in [7, 11) is 0. The number of carbonyl (C=O) groups excluding carboxylic acids is 1. The first-order chi connectivity index (χ1) is 9.69. The molecule has 0 aliphatic rings. The van der Waals surface area contributed by atoms with Crippen LogP contribution in [0.1, 0.15) is 22.3 Å². The average molecular weight is 265 g/mol. The number of hydrogen-bond donors (Lipinski definition) is 1. The second-order valence-corrected chi connectivity index (χ2v) is 4.56. The van der Waals surface area contributed by atoms with Crippen molar-refractivity contribution < 1.29 is 4.79 Å². The molecular weight excluding hydrogens is 250 g/mol. The van der Waals surface area contributed by atoms with Gasteiger partial charge < -0.3 is 5.32 Å².